The van der Waals surface area contributed by atoms with Gasteiger partial charge in [-0.15, -0.1) is 0 Å². The van der Waals surface area contributed by atoms with E-state index < -0.39 is 5.97 Å². The van der Waals surface area contributed by atoms with Gasteiger partial charge in [0.05, 0.1) is 17.7 Å². The molecule has 0 radical (unpaired) electrons. The lowest BCUT2D eigenvalue weighted by molar-refractivity contribution is 0.0697. The highest BCUT2D eigenvalue weighted by Crippen LogP contribution is 2.32. The van der Waals surface area contributed by atoms with Crippen LogP contribution in [-0.2, 0) is 0 Å². The lowest BCUT2D eigenvalue weighted by Crippen LogP contribution is -2.00. The summed E-state index contributed by atoms with van der Waals surface area (Å²) in [4.78, 5) is 11.3. The van der Waals surface area contributed by atoms with Crippen LogP contribution in [0.25, 0.3) is 11.1 Å². The molecule has 4 heteroatoms. The van der Waals surface area contributed by atoms with E-state index in [9.17, 15) is 9.90 Å². The molecule has 0 heterocycles. The topological polar surface area (TPSA) is 46.5 Å². The molecule has 1 N–H and O–H groups in total. The quantitative estimate of drug-likeness (QED) is 0.921. The third-order valence-corrected chi connectivity index (χ3v) is 3.16. The highest BCUT2D eigenvalue weighted by atomic mass is 35.5. The molecule has 98 valence electrons. The van der Waals surface area contributed by atoms with Crippen LogP contribution >= 0.6 is 11.6 Å². The maximum atomic E-state index is 11.3. The van der Waals surface area contributed by atoms with Crippen molar-refractivity contribution < 1.29 is 14.6 Å². The zero-order valence-corrected chi connectivity index (χ0v) is 11.4. The fourth-order valence-electron chi connectivity index (χ4n) is 1.92. The van der Waals surface area contributed by atoms with Gasteiger partial charge in [0.2, 0.25) is 0 Å². The zero-order chi connectivity index (χ0) is 14.0. The number of rotatable bonds is 3. The predicted molar refractivity (Wildman–Crippen MR) is 75.1 cm³/mol. The van der Waals surface area contributed by atoms with E-state index in [-0.39, 0.29) is 5.56 Å². The summed E-state index contributed by atoms with van der Waals surface area (Å²) in [6.07, 6.45) is 0. The first-order valence-corrected chi connectivity index (χ1v) is 6.08. The number of aryl methyl sites for hydroxylation is 1. The summed E-state index contributed by atoms with van der Waals surface area (Å²) in [5.74, 6) is -0.392. The second-order valence-electron chi connectivity index (χ2n) is 4.20. The number of halogens is 1. The van der Waals surface area contributed by atoms with E-state index in [1.165, 1.54) is 7.11 Å². The van der Waals surface area contributed by atoms with Crippen LogP contribution in [-0.4, -0.2) is 18.2 Å². The van der Waals surface area contributed by atoms with E-state index in [1.807, 2.05) is 13.0 Å². The number of benzene rings is 2. The number of carboxylic acids is 1. The van der Waals surface area contributed by atoms with E-state index in [4.69, 9.17) is 16.3 Å². The monoisotopic (exact) mass is 276 g/mol. The minimum absolute atomic E-state index is 0.256. The van der Waals surface area contributed by atoms with Crippen molar-refractivity contribution in [3.05, 3.63) is 52.5 Å². The van der Waals surface area contributed by atoms with Crippen molar-refractivity contribution in [2.45, 2.75) is 6.92 Å². The summed E-state index contributed by atoms with van der Waals surface area (Å²) in [5, 5.41) is 9.69. The van der Waals surface area contributed by atoms with Crippen LogP contribution in [0.4, 0.5) is 0 Å². The zero-order valence-electron chi connectivity index (χ0n) is 10.6. The summed E-state index contributed by atoms with van der Waals surface area (Å²) in [7, 11) is 1.54. The van der Waals surface area contributed by atoms with E-state index in [1.54, 1.807) is 30.3 Å². The van der Waals surface area contributed by atoms with Gasteiger partial charge < -0.3 is 9.84 Å². The number of methoxy groups -OCH3 is 1. The highest BCUT2D eigenvalue weighted by molar-refractivity contribution is 6.32. The minimum Gasteiger partial charge on any atom is -0.495 e. The first-order valence-electron chi connectivity index (χ1n) is 5.71. The molecular formula is C15H13ClO3. The van der Waals surface area contributed by atoms with E-state index in [0.29, 0.717) is 16.3 Å². The Balaban J connectivity index is 2.61. The van der Waals surface area contributed by atoms with Gasteiger partial charge in [-0.2, -0.15) is 0 Å². The van der Waals surface area contributed by atoms with Crippen LogP contribution < -0.4 is 4.74 Å². The maximum Gasteiger partial charge on any atom is 0.336 e. The van der Waals surface area contributed by atoms with Gasteiger partial charge in [-0.1, -0.05) is 35.4 Å². The lowest BCUT2D eigenvalue weighted by atomic mass is 9.97. The van der Waals surface area contributed by atoms with Gasteiger partial charge >= 0.3 is 5.97 Å². The Labute approximate surface area is 116 Å². The van der Waals surface area contributed by atoms with Crippen molar-refractivity contribution in [1.82, 2.24) is 0 Å². The molecule has 3 nitrogen and oxygen atoms in total. The predicted octanol–water partition coefficient (Wildman–Crippen LogP) is 4.02. The molecular weight excluding hydrogens is 264 g/mol. The standard InChI is InChI=1S/C15H13ClO3/c1-9-3-5-11(15(17)18)12(7-9)10-4-6-14(19-2)13(16)8-10/h3-8H,1-2H3,(H,17,18). The van der Waals surface area contributed by atoms with Gasteiger partial charge in [0, 0.05) is 0 Å². The Morgan fingerprint density at radius 1 is 1.21 bits per heavy atom. The second kappa shape index (κ2) is 5.33. The van der Waals surface area contributed by atoms with Gasteiger partial charge in [-0.25, -0.2) is 4.79 Å². The molecule has 0 aliphatic rings. The molecule has 0 atom stereocenters. The van der Waals surface area contributed by atoms with Gasteiger partial charge in [0.1, 0.15) is 5.75 Å². The Hall–Kier alpha value is -2.00. The van der Waals surface area contributed by atoms with Crippen molar-refractivity contribution in [3.63, 3.8) is 0 Å². The molecule has 0 fully saturated rings. The fourth-order valence-corrected chi connectivity index (χ4v) is 2.18. The van der Waals surface area contributed by atoms with Gasteiger partial charge in [0.15, 0.2) is 0 Å². The molecule has 0 aliphatic carbocycles. The lowest BCUT2D eigenvalue weighted by Gasteiger charge is -2.10. The molecule has 0 bridgehead atoms. The molecule has 0 aliphatic heterocycles. The summed E-state index contributed by atoms with van der Waals surface area (Å²) in [6.45, 7) is 1.92. The first-order chi connectivity index (χ1) is 9.02. The number of hydrogen-bond acceptors (Lipinski definition) is 2. The fraction of sp³-hybridized carbons (Fsp3) is 0.133. The van der Waals surface area contributed by atoms with Crippen LogP contribution in [0.15, 0.2) is 36.4 Å². The second-order valence-corrected chi connectivity index (χ2v) is 4.61. The summed E-state index contributed by atoms with van der Waals surface area (Å²) in [5.41, 5.74) is 2.66. The van der Waals surface area contributed by atoms with Crippen molar-refractivity contribution >= 4 is 17.6 Å². The number of ether oxygens (including phenoxy) is 1. The summed E-state index contributed by atoms with van der Waals surface area (Å²) in [6, 6.07) is 10.4. The summed E-state index contributed by atoms with van der Waals surface area (Å²) < 4.78 is 5.09. The van der Waals surface area contributed by atoms with Gasteiger partial charge in [-0.05, 0) is 36.2 Å². The third kappa shape index (κ3) is 2.71. The van der Waals surface area contributed by atoms with Crippen LogP contribution in [0.1, 0.15) is 15.9 Å². The Bertz CT molecular complexity index is 635. The SMILES string of the molecule is COc1ccc(-c2cc(C)ccc2C(=O)O)cc1Cl. The largest absolute Gasteiger partial charge is 0.495 e. The van der Waals surface area contributed by atoms with Gasteiger partial charge in [0.25, 0.3) is 0 Å². The third-order valence-electron chi connectivity index (χ3n) is 2.87. The first kappa shape index (κ1) is 13.4. The van der Waals surface area contributed by atoms with Crippen LogP contribution in [0.2, 0.25) is 5.02 Å². The molecule has 2 rings (SSSR count). The molecule has 0 unspecified atom stereocenters. The van der Waals surface area contributed by atoms with Crippen molar-refractivity contribution in [3.8, 4) is 16.9 Å². The average Bonchev–Trinajstić information content (AvgIpc) is 2.38. The molecule has 19 heavy (non-hydrogen) atoms. The van der Waals surface area contributed by atoms with E-state index >= 15 is 0 Å². The molecule has 0 spiro atoms. The highest BCUT2D eigenvalue weighted by Gasteiger charge is 2.13. The van der Waals surface area contributed by atoms with Crippen LogP contribution in [0, 0.1) is 6.92 Å². The van der Waals surface area contributed by atoms with E-state index in [0.717, 1.165) is 11.1 Å². The van der Waals surface area contributed by atoms with Gasteiger partial charge in [-0.3, -0.25) is 0 Å². The molecule has 2 aromatic carbocycles. The molecule has 0 saturated heterocycles. The Kier molecular flexibility index (Phi) is 3.76. The van der Waals surface area contributed by atoms with Crippen molar-refractivity contribution in [1.29, 1.82) is 0 Å². The molecule has 0 amide bonds. The van der Waals surface area contributed by atoms with Crippen LogP contribution in [0.5, 0.6) is 5.75 Å². The average molecular weight is 277 g/mol. The van der Waals surface area contributed by atoms with E-state index in [2.05, 4.69) is 0 Å². The smallest absolute Gasteiger partial charge is 0.336 e. The normalized spacial score (nSPS) is 10.3. The molecule has 0 aromatic heterocycles. The minimum atomic E-state index is -0.957. The Morgan fingerprint density at radius 2 is 1.95 bits per heavy atom. The Morgan fingerprint density at radius 3 is 2.53 bits per heavy atom. The molecule has 2 aromatic rings. The number of carbonyl (C=O) groups is 1. The number of hydrogen-bond donors (Lipinski definition) is 1. The van der Waals surface area contributed by atoms with Crippen molar-refractivity contribution in [2.24, 2.45) is 0 Å². The number of aromatic carboxylic acids is 1. The number of carboxylic acid groups (broad SMARTS) is 1. The van der Waals surface area contributed by atoms with Crippen LogP contribution in [0.3, 0.4) is 0 Å². The molecule has 0 saturated carbocycles. The van der Waals surface area contributed by atoms with Crippen molar-refractivity contribution in [2.75, 3.05) is 7.11 Å². The summed E-state index contributed by atoms with van der Waals surface area (Å²) >= 11 is 6.08. The maximum absolute atomic E-state index is 11.3.